The molecule has 0 fully saturated rings. The molecule has 0 unspecified atom stereocenters. The van der Waals surface area contributed by atoms with Crippen LogP contribution >= 0.6 is 0 Å². The third-order valence-electron chi connectivity index (χ3n) is 2.63. The van der Waals surface area contributed by atoms with Crippen molar-refractivity contribution in [1.82, 2.24) is 4.90 Å². The molecule has 0 aliphatic carbocycles. The highest BCUT2D eigenvalue weighted by atomic mass is 16.5. The van der Waals surface area contributed by atoms with Gasteiger partial charge in [0.05, 0.1) is 26.8 Å². The zero-order chi connectivity index (χ0) is 12.8. The van der Waals surface area contributed by atoms with E-state index in [-0.39, 0.29) is 0 Å². The van der Waals surface area contributed by atoms with Crippen molar-refractivity contribution in [1.29, 1.82) is 5.26 Å². The van der Waals surface area contributed by atoms with Crippen molar-refractivity contribution in [3.8, 4) is 17.6 Å². The average Bonchev–Trinajstić information content (AvgIpc) is 2.31. The molecule has 0 saturated carbocycles. The van der Waals surface area contributed by atoms with Crippen LogP contribution in [0.25, 0.3) is 0 Å². The van der Waals surface area contributed by atoms with Crippen molar-refractivity contribution < 1.29 is 9.47 Å². The molecule has 0 bridgehead atoms. The quantitative estimate of drug-likeness (QED) is 0.731. The van der Waals surface area contributed by atoms with Crippen molar-refractivity contribution in [3.05, 3.63) is 23.3 Å². The molecule has 1 aromatic rings. The standard InChI is InChI=1S/C13H18N2O2/c1-10-7-11(16-3)8-13(17-4)12(10)9-15(2)6-5-14/h7-8H,6,9H2,1-4H3. The monoisotopic (exact) mass is 234 g/mol. The predicted molar refractivity (Wildman–Crippen MR) is 66.2 cm³/mol. The van der Waals surface area contributed by atoms with Gasteiger partial charge in [0.1, 0.15) is 11.5 Å². The summed E-state index contributed by atoms with van der Waals surface area (Å²) in [6, 6.07) is 5.96. The molecule has 0 spiro atoms. The maximum atomic E-state index is 8.65. The van der Waals surface area contributed by atoms with Gasteiger partial charge in [-0.25, -0.2) is 0 Å². The number of rotatable bonds is 5. The van der Waals surface area contributed by atoms with E-state index in [1.165, 1.54) is 0 Å². The molecule has 0 atom stereocenters. The normalized spacial score (nSPS) is 10.1. The second-order valence-electron chi connectivity index (χ2n) is 3.96. The van der Waals surface area contributed by atoms with E-state index in [0.717, 1.165) is 22.6 Å². The van der Waals surface area contributed by atoms with Gasteiger partial charge in [-0.05, 0) is 25.6 Å². The molecule has 4 heteroatoms. The molecule has 1 rings (SSSR count). The fourth-order valence-corrected chi connectivity index (χ4v) is 1.70. The maximum Gasteiger partial charge on any atom is 0.127 e. The molecule has 92 valence electrons. The summed E-state index contributed by atoms with van der Waals surface area (Å²) >= 11 is 0. The molecule has 0 aliphatic heterocycles. The summed E-state index contributed by atoms with van der Waals surface area (Å²) in [7, 11) is 5.18. The van der Waals surface area contributed by atoms with Crippen LogP contribution in [0.15, 0.2) is 12.1 Å². The lowest BCUT2D eigenvalue weighted by Crippen LogP contribution is -2.19. The van der Waals surface area contributed by atoms with Crippen molar-refractivity contribution >= 4 is 0 Å². The first-order valence-electron chi connectivity index (χ1n) is 5.39. The Morgan fingerprint density at radius 3 is 2.53 bits per heavy atom. The summed E-state index contributed by atoms with van der Waals surface area (Å²) in [6.07, 6.45) is 0. The van der Waals surface area contributed by atoms with Crippen LogP contribution in [0.3, 0.4) is 0 Å². The third-order valence-corrected chi connectivity index (χ3v) is 2.63. The van der Waals surface area contributed by atoms with Gasteiger partial charge >= 0.3 is 0 Å². The number of hydrogen-bond acceptors (Lipinski definition) is 4. The first kappa shape index (κ1) is 13.3. The van der Waals surface area contributed by atoms with Crippen LogP contribution in [-0.4, -0.2) is 32.7 Å². The van der Waals surface area contributed by atoms with E-state index in [1.807, 2.05) is 31.0 Å². The minimum Gasteiger partial charge on any atom is -0.497 e. The number of benzene rings is 1. The number of hydrogen-bond donors (Lipinski definition) is 0. The van der Waals surface area contributed by atoms with Gasteiger partial charge in [0.15, 0.2) is 0 Å². The smallest absolute Gasteiger partial charge is 0.127 e. The number of ether oxygens (including phenoxy) is 2. The lowest BCUT2D eigenvalue weighted by atomic mass is 10.1. The van der Waals surface area contributed by atoms with E-state index in [4.69, 9.17) is 14.7 Å². The molecule has 0 aliphatic rings. The van der Waals surface area contributed by atoms with Crippen LogP contribution in [0.2, 0.25) is 0 Å². The minimum absolute atomic E-state index is 0.397. The van der Waals surface area contributed by atoms with Crippen molar-refractivity contribution in [2.45, 2.75) is 13.5 Å². The van der Waals surface area contributed by atoms with Crippen LogP contribution in [0.5, 0.6) is 11.5 Å². The summed E-state index contributed by atoms with van der Waals surface area (Å²) in [4.78, 5) is 1.94. The Morgan fingerprint density at radius 2 is 2.00 bits per heavy atom. The highest BCUT2D eigenvalue weighted by Gasteiger charge is 2.11. The van der Waals surface area contributed by atoms with Gasteiger partial charge < -0.3 is 9.47 Å². The molecule has 4 nitrogen and oxygen atoms in total. The van der Waals surface area contributed by atoms with Gasteiger partial charge in [0, 0.05) is 18.2 Å². The predicted octanol–water partition coefficient (Wildman–Crippen LogP) is 1.97. The summed E-state index contributed by atoms with van der Waals surface area (Å²) in [5.74, 6) is 1.58. The van der Waals surface area contributed by atoms with E-state index in [2.05, 4.69) is 6.07 Å². The average molecular weight is 234 g/mol. The third kappa shape index (κ3) is 3.36. The van der Waals surface area contributed by atoms with E-state index >= 15 is 0 Å². The molecule has 1 aromatic carbocycles. The van der Waals surface area contributed by atoms with Crippen molar-refractivity contribution in [2.75, 3.05) is 27.8 Å². The molecular formula is C13H18N2O2. The van der Waals surface area contributed by atoms with Gasteiger partial charge in [-0.15, -0.1) is 0 Å². The summed E-state index contributed by atoms with van der Waals surface area (Å²) < 4.78 is 10.6. The Bertz CT molecular complexity index is 424. The largest absolute Gasteiger partial charge is 0.497 e. The molecule has 0 N–H and O–H groups in total. The number of methoxy groups -OCH3 is 2. The molecule has 0 amide bonds. The Morgan fingerprint density at radius 1 is 1.29 bits per heavy atom. The van der Waals surface area contributed by atoms with E-state index in [9.17, 15) is 0 Å². The Hall–Kier alpha value is -1.73. The maximum absolute atomic E-state index is 8.65. The van der Waals surface area contributed by atoms with Crippen LogP contribution < -0.4 is 9.47 Å². The lowest BCUT2D eigenvalue weighted by Gasteiger charge is -2.18. The molecule has 0 heterocycles. The molecular weight excluding hydrogens is 216 g/mol. The van der Waals surface area contributed by atoms with Gasteiger partial charge in [0.2, 0.25) is 0 Å². The molecule has 0 saturated heterocycles. The SMILES string of the molecule is COc1cc(C)c(CN(C)CC#N)c(OC)c1. The van der Waals surface area contributed by atoms with Gasteiger partial charge in [-0.3, -0.25) is 4.90 Å². The van der Waals surface area contributed by atoms with E-state index < -0.39 is 0 Å². The summed E-state index contributed by atoms with van der Waals surface area (Å²) in [5, 5.41) is 8.65. The second kappa shape index (κ2) is 6.12. The first-order valence-corrected chi connectivity index (χ1v) is 5.39. The fourth-order valence-electron chi connectivity index (χ4n) is 1.70. The highest BCUT2D eigenvalue weighted by molar-refractivity contribution is 5.46. The molecule has 0 aromatic heterocycles. The van der Waals surface area contributed by atoms with Crippen LogP contribution in [0.1, 0.15) is 11.1 Å². The van der Waals surface area contributed by atoms with E-state index in [0.29, 0.717) is 13.1 Å². The van der Waals surface area contributed by atoms with Gasteiger partial charge in [0.25, 0.3) is 0 Å². The van der Waals surface area contributed by atoms with E-state index in [1.54, 1.807) is 14.2 Å². The van der Waals surface area contributed by atoms with Gasteiger partial charge in [-0.1, -0.05) is 0 Å². The van der Waals surface area contributed by atoms with Crippen molar-refractivity contribution in [2.24, 2.45) is 0 Å². The Labute approximate surface area is 102 Å². The zero-order valence-corrected chi connectivity index (χ0v) is 10.8. The lowest BCUT2D eigenvalue weighted by molar-refractivity contribution is 0.346. The van der Waals surface area contributed by atoms with Gasteiger partial charge in [-0.2, -0.15) is 5.26 Å². The second-order valence-corrected chi connectivity index (χ2v) is 3.96. The number of nitriles is 1. The van der Waals surface area contributed by atoms with Crippen LogP contribution in [0.4, 0.5) is 0 Å². The molecule has 0 radical (unpaired) electrons. The van der Waals surface area contributed by atoms with Crippen molar-refractivity contribution in [3.63, 3.8) is 0 Å². The number of nitrogens with zero attached hydrogens (tertiary/aromatic N) is 2. The Balaban J connectivity index is 3.02. The summed E-state index contributed by atoms with van der Waals surface area (Å²) in [5.41, 5.74) is 2.19. The first-order chi connectivity index (χ1) is 8.12. The molecule has 17 heavy (non-hydrogen) atoms. The summed E-state index contributed by atoms with van der Waals surface area (Å²) in [6.45, 7) is 3.10. The zero-order valence-electron chi connectivity index (χ0n) is 10.8. The highest BCUT2D eigenvalue weighted by Crippen LogP contribution is 2.29. The fraction of sp³-hybridized carbons (Fsp3) is 0.462. The van der Waals surface area contributed by atoms with Crippen LogP contribution in [-0.2, 0) is 6.54 Å². The topological polar surface area (TPSA) is 45.5 Å². The van der Waals surface area contributed by atoms with Crippen LogP contribution in [0, 0.1) is 18.3 Å². The minimum atomic E-state index is 0.397. The Kier molecular flexibility index (Phi) is 4.80. The number of aryl methyl sites for hydroxylation is 1.